The van der Waals surface area contributed by atoms with Crippen molar-refractivity contribution >= 4 is 17.7 Å². The van der Waals surface area contributed by atoms with Crippen molar-refractivity contribution in [3.8, 4) is 6.07 Å². The quantitative estimate of drug-likeness (QED) is 0.868. The van der Waals surface area contributed by atoms with Gasteiger partial charge in [-0.25, -0.2) is 4.98 Å². The summed E-state index contributed by atoms with van der Waals surface area (Å²) in [5.41, 5.74) is 0.681. The first kappa shape index (κ1) is 17.1. The molecule has 0 spiro atoms. The first-order valence-corrected chi connectivity index (χ1v) is 9.73. The van der Waals surface area contributed by atoms with Crippen molar-refractivity contribution in [2.24, 2.45) is 5.92 Å². The van der Waals surface area contributed by atoms with Crippen LogP contribution in [0.3, 0.4) is 0 Å². The van der Waals surface area contributed by atoms with Gasteiger partial charge in [0.15, 0.2) is 0 Å². The van der Waals surface area contributed by atoms with E-state index in [9.17, 15) is 4.79 Å². The number of carbonyl (C=O) groups excluding carboxylic acids is 1. The number of imidazole rings is 1. The molecular formula is C19H21N5OS. The van der Waals surface area contributed by atoms with Crippen LogP contribution in [0.2, 0.25) is 0 Å². The number of hydrogen-bond acceptors (Lipinski definition) is 5. The fourth-order valence-electron chi connectivity index (χ4n) is 3.99. The van der Waals surface area contributed by atoms with E-state index in [4.69, 9.17) is 5.26 Å². The number of nitrogens with one attached hydrogen (secondary N) is 2. The molecule has 3 aliphatic heterocycles. The minimum atomic E-state index is 0.000423. The number of nitrogens with zero attached hydrogens (tertiary/aromatic N) is 3. The molecule has 2 bridgehead atoms. The fraction of sp³-hybridized carbons (Fsp3) is 0.421. The predicted molar refractivity (Wildman–Crippen MR) is 98.9 cm³/mol. The highest BCUT2D eigenvalue weighted by molar-refractivity contribution is 7.99. The van der Waals surface area contributed by atoms with E-state index in [-0.39, 0.29) is 11.9 Å². The Balaban J connectivity index is 1.40. The number of amides is 1. The van der Waals surface area contributed by atoms with Gasteiger partial charge in [-0.2, -0.15) is 5.26 Å². The van der Waals surface area contributed by atoms with Crippen molar-refractivity contribution in [1.29, 1.82) is 5.26 Å². The number of rotatable bonds is 4. The van der Waals surface area contributed by atoms with Gasteiger partial charge in [-0.1, -0.05) is 11.8 Å². The van der Waals surface area contributed by atoms with Crippen molar-refractivity contribution in [2.45, 2.75) is 41.8 Å². The van der Waals surface area contributed by atoms with Gasteiger partial charge in [-0.3, -0.25) is 9.69 Å². The molecule has 7 heteroatoms. The van der Waals surface area contributed by atoms with Crippen LogP contribution in [0, 0.1) is 17.2 Å². The molecule has 0 unspecified atom stereocenters. The lowest BCUT2D eigenvalue weighted by molar-refractivity contribution is 0.0217. The van der Waals surface area contributed by atoms with Gasteiger partial charge >= 0.3 is 0 Å². The zero-order chi connectivity index (χ0) is 18.1. The Labute approximate surface area is 157 Å². The average Bonchev–Trinajstić information content (AvgIpc) is 3.13. The first-order chi connectivity index (χ1) is 12.6. The zero-order valence-electron chi connectivity index (χ0n) is 14.6. The number of benzene rings is 1. The molecular weight excluding hydrogens is 346 g/mol. The van der Waals surface area contributed by atoms with E-state index < -0.39 is 0 Å². The predicted octanol–water partition coefficient (Wildman–Crippen LogP) is 2.65. The lowest BCUT2D eigenvalue weighted by atomic mass is 9.79. The molecule has 4 heterocycles. The monoisotopic (exact) mass is 367 g/mol. The van der Waals surface area contributed by atoms with E-state index in [0.717, 1.165) is 23.0 Å². The van der Waals surface area contributed by atoms with Gasteiger partial charge in [0.25, 0.3) is 5.91 Å². The normalized spacial score (nSPS) is 27.1. The van der Waals surface area contributed by atoms with Crippen molar-refractivity contribution in [1.82, 2.24) is 20.2 Å². The highest BCUT2D eigenvalue weighted by Crippen LogP contribution is 2.32. The minimum absolute atomic E-state index is 0.000423. The molecule has 3 aliphatic rings. The van der Waals surface area contributed by atoms with Crippen LogP contribution in [0.4, 0.5) is 0 Å². The molecule has 2 aromatic rings. The van der Waals surface area contributed by atoms with Crippen molar-refractivity contribution in [2.75, 3.05) is 13.1 Å². The van der Waals surface area contributed by atoms with Crippen molar-refractivity contribution in [3.63, 3.8) is 0 Å². The fourth-order valence-corrected chi connectivity index (χ4v) is 4.77. The van der Waals surface area contributed by atoms with Crippen molar-refractivity contribution < 1.29 is 4.79 Å². The van der Waals surface area contributed by atoms with Gasteiger partial charge in [-0.05, 0) is 63.0 Å². The molecule has 0 radical (unpaired) electrons. The number of carbonyl (C=O) groups is 1. The summed E-state index contributed by atoms with van der Waals surface area (Å²) in [5.74, 6) is 0.902. The van der Waals surface area contributed by atoms with E-state index in [0.29, 0.717) is 23.3 Å². The summed E-state index contributed by atoms with van der Waals surface area (Å²) in [7, 11) is 0. The minimum Gasteiger partial charge on any atom is -0.347 e. The second-order valence-corrected chi connectivity index (χ2v) is 8.06. The SMILES string of the molecule is C[C@H]1[C@H](NC(=O)c2ccc(Sc3cnc(C#N)[nH]3)cc2)C2CCN1CC2. The number of nitriles is 1. The van der Waals surface area contributed by atoms with E-state index in [1.807, 2.05) is 30.3 Å². The van der Waals surface area contributed by atoms with Crippen LogP contribution in [0.15, 0.2) is 40.4 Å². The van der Waals surface area contributed by atoms with Gasteiger partial charge in [0, 0.05) is 22.5 Å². The van der Waals surface area contributed by atoms with Crippen LogP contribution in [-0.4, -0.2) is 45.9 Å². The summed E-state index contributed by atoms with van der Waals surface area (Å²) >= 11 is 1.48. The van der Waals surface area contributed by atoms with Crippen LogP contribution < -0.4 is 5.32 Å². The molecule has 2 N–H and O–H groups in total. The third-order valence-electron chi connectivity index (χ3n) is 5.48. The van der Waals surface area contributed by atoms with Gasteiger partial charge in [0.05, 0.1) is 11.2 Å². The number of aromatic amines is 1. The molecule has 5 rings (SSSR count). The number of hydrogen-bond donors (Lipinski definition) is 2. The summed E-state index contributed by atoms with van der Waals surface area (Å²) in [4.78, 5) is 23.0. The van der Waals surface area contributed by atoms with Gasteiger partial charge < -0.3 is 10.3 Å². The third kappa shape index (κ3) is 3.35. The summed E-state index contributed by atoms with van der Waals surface area (Å²) < 4.78 is 0. The lowest BCUT2D eigenvalue weighted by Gasteiger charge is -2.49. The topological polar surface area (TPSA) is 84.8 Å². The molecule has 6 nitrogen and oxygen atoms in total. The maximum absolute atomic E-state index is 12.7. The zero-order valence-corrected chi connectivity index (χ0v) is 15.4. The Hall–Kier alpha value is -2.30. The molecule has 26 heavy (non-hydrogen) atoms. The second-order valence-electron chi connectivity index (χ2n) is 6.95. The average molecular weight is 367 g/mol. The Bertz CT molecular complexity index is 830. The van der Waals surface area contributed by atoms with Gasteiger partial charge in [0.1, 0.15) is 6.07 Å². The van der Waals surface area contributed by atoms with Crippen LogP contribution in [0.5, 0.6) is 0 Å². The number of aromatic nitrogens is 2. The molecule has 134 valence electrons. The van der Waals surface area contributed by atoms with Gasteiger partial charge in [-0.15, -0.1) is 0 Å². The maximum atomic E-state index is 12.7. The van der Waals surface area contributed by atoms with Crippen molar-refractivity contribution in [3.05, 3.63) is 41.9 Å². The Morgan fingerprint density at radius 2 is 2.08 bits per heavy atom. The number of piperidine rings is 3. The largest absolute Gasteiger partial charge is 0.347 e. The number of H-pyrrole nitrogens is 1. The second kappa shape index (κ2) is 7.14. The molecule has 0 saturated carbocycles. The van der Waals surface area contributed by atoms with Crippen LogP contribution in [-0.2, 0) is 0 Å². The third-order valence-corrected chi connectivity index (χ3v) is 6.41. The Kier molecular flexibility index (Phi) is 4.70. The summed E-state index contributed by atoms with van der Waals surface area (Å²) in [6, 6.07) is 10.2. The molecule has 1 aromatic carbocycles. The highest BCUT2D eigenvalue weighted by Gasteiger charge is 2.40. The van der Waals surface area contributed by atoms with Crippen LogP contribution in [0.25, 0.3) is 0 Å². The Morgan fingerprint density at radius 1 is 1.35 bits per heavy atom. The molecule has 3 fully saturated rings. The van der Waals surface area contributed by atoms with E-state index in [1.54, 1.807) is 6.20 Å². The standard InChI is InChI=1S/C19H21N5OS/c1-12-18(13-6-8-24(12)9-7-13)23-19(25)14-2-4-15(5-3-14)26-17-11-21-16(10-20)22-17/h2-5,11-13,18H,6-9H2,1H3,(H,21,22)(H,23,25)/t12-,18-/m0/s1. The van der Waals surface area contributed by atoms with Gasteiger partial charge in [0.2, 0.25) is 5.82 Å². The summed E-state index contributed by atoms with van der Waals surface area (Å²) in [5, 5.41) is 12.9. The molecule has 1 amide bonds. The molecule has 1 aromatic heterocycles. The van der Waals surface area contributed by atoms with E-state index in [2.05, 4.69) is 27.1 Å². The maximum Gasteiger partial charge on any atom is 0.251 e. The molecule has 2 atom stereocenters. The smallest absolute Gasteiger partial charge is 0.251 e. The van der Waals surface area contributed by atoms with Crippen LogP contribution in [0.1, 0.15) is 35.9 Å². The highest BCUT2D eigenvalue weighted by atomic mass is 32.2. The molecule has 3 saturated heterocycles. The number of fused-ring (bicyclic) bond motifs is 3. The summed E-state index contributed by atoms with van der Waals surface area (Å²) in [6.07, 6.45) is 4.00. The first-order valence-electron chi connectivity index (χ1n) is 8.92. The molecule has 0 aliphatic carbocycles. The van der Waals surface area contributed by atoms with Crippen LogP contribution >= 0.6 is 11.8 Å². The van der Waals surface area contributed by atoms with E-state index >= 15 is 0 Å². The summed E-state index contributed by atoms with van der Waals surface area (Å²) in [6.45, 7) is 4.53. The lowest BCUT2D eigenvalue weighted by Crippen LogP contribution is -2.62. The van der Waals surface area contributed by atoms with E-state index in [1.165, 1.54) is 24.6 Å². The Morgan fingerprint density at radius 3 is 2.69 bits per heavy atom.